The van der Waals surface area contributed by atoms with Gasteiger partial charge in [0.05, 0.1) is 12.9 Å². The van der Waals surface area contributed by atoms with Gasteiger partial charge < -0.3 is 19.4 Å². The quantitative estimate of drug-likeness (QED) is 0.485. The van der Waals surface area contributed by atoms with Crippen LogP contribution in [-0.4, -0.2) is 52.4 Å². The molecular weight excluding hydrogens is 452 g/mol. The van der Waals surface area contributed by atoms with Crippen molar-refractivity contribution in [2.45, 2.75) is 44.4 Å². The molecular formula is C25H28N4O4S. The number of aromatic nitrogens is 2. The third kappa shape index (κ3) is 5.59. The lowest BCUT2D eigenvalue weighted by atomic mass is 10.0. The van der Waals surface area contributed by atoms with Crippen LogP contribution in [0.5, 0.6) is 5.75 Å². The van der Waals surface area contributed by atoms with Crippen molar-refractivity contribution in [1.29, 1.82) is 0 Å². The van der Waals surface area contributed by atoms with Gasteiger partial charge in [0.1, 0.15) is 5.75 Å². The first-order valence-electron chi connectivity index (χ1n) is 11.3. The van der Waals surface area contributed by atoms with E-state index in [4.69, 9.17) is 9.15 Å². The minimum Gasteiger partial charge on any atom is -0.497 e. The highest BCUT2D eigenvalue weighted by Crippen LogP contribution is 2.26. The number of likely N-dealkylation sites (tertiary alicyclic amines) is 1. The Balaban J connectivity index is 1.32. The molecule has 0 bridgehead atoms. The van der Waals surface area contributed by atoms with Crippen LogP contribution < -0.4 is 10.1 Å². The summed E-state index contributed by atoms with van der Waals surface area (Å²) in [5, 5.41) is 11.3. The van der Waals surface area contributed by atoms with Gasteiger partial charge in [-0.2, -0.15) is 0 Å². The molecule has 1 saturated heterocycles. The van der Waals surface area contributed by atoms with Gasteiger partial charge in [-0.05, 0) is 81.1 Å². The molecule has 1 unspecified atom stereocenters. The van der Waals surface area contributed by atoms with Crippen LogP contribution in [0.2, 0.25) is 0 Å². The zero-order valence-electron chi connectivity index (χ0n) is 19.5. The lowest BCUT2D eigenvalue weighted by molar-refractivity contribution is -0.113. The summed E-state index contributed by atoms with van der Waals surface area (Å²) in [4.78, 5) is 27.3. The van der Waals surface area contributed by atoms with E-state index in [1.807, 2.05) is 42.2 Å². The topological polar surface area (TPSA) is 97.6 Å². The molecule has 9 heteroatoms. The minimum absolute atomic E-state index is 0.0489. The predicted octanol–water partition coefficient (Wildman–Crippen LogP) is 4.80. The molecule has 0 saturated carbocycles. The molecule has 2 amide bonds. The zero-order valence-corrected chi connectivity index (χ0v) is 20.4. The lowest BCUT2D eigenvalue weighted by Gasteiger charge is -2.33. The molecule has 1 fully saturated rings. The molecule has 0 radical (unpaired) electrons. The normalized spacial score (nSPS) is 15.7. The average Bonchev–Trinajstić information content (AvgIpc) is 3.33. The van der Waals surface area contributed by atoms with Gasteiger partial charge in [-0.15, -0.1) is 10.2 Å². The van der Waals surface area contributed by atoms with Crippen molar-refractivity contribution >= 4 is 29.3 Å². The van der Waals surface area contributed by atoms with Crippen molar-refractivity contribution in [2.24, 2.45) is 0 Å². The number of carbonyl (C=O) groups is 2. The Hall–Kier alpha value is -3.33. The van der Waals surface area contributed by atoms with Gasteiger partial charge in [0.15, 0.2) is 0 Å². The van der Waals surface area contributed by atoms with E-state index in [2.05, 4.69) is 22.4 Å². The molecule has 1 aliphatic rings. The maximum Gasteiger partial charge on any atom is 0.277 e. The molecule has 178 valence electrons. The van der Waals surface area contributed by atoms with Crippen LogP contribution in [-0.2, 0) is 4.79 Å². The minimum atomic E-state index is -0.193. The number of nitrogens with one attached hydrogen (secondary N) is 1. The van der Waals surface area contributed by atoms with E-state index in [9.17, 15) is 9.59 Å². The van der Waals surface area contributed by atoms with Crippen molar-refractivity contribution in [3.8, 4) is 17.2 Å². The Morgan fingerprint density at radius 1 is 1.18 bits per heavy atom. The SMILES string of the molecule is COc1ccc(-c2nnc(SCC(=O)Nc3ccc(C(=O)N4CCCCC4C)cc3C)o2)cc1. The first-order chi connectivity index (χ1) is 16.4. The number of hydrogen-bond donors (Lipinski definition) is 1. The van der Waals surface area contributed by atoms with Gasteiger partial charge in [-0.1, -0.05) is 11.8 Å². The molecule has 1 N–H and O–H groups in total. The Morgan fingerprint density at radius 3 is 2.68 bits per heavy atom. The fraction of sp³-hybridized carbons (Fsp3) is 0.360. The summed E-state index contributed by atoms with van der Waals surface area (Å²) in [5.74, 6) is 1.09. The average molecular weight is 481 g/mol. The summed E-state index contributed by atoms with van der Waals surface area (Å²) in [6, 6.07) is 12.9. The van der Waals surface area contributed by atoms with Crippen LogP contribution in [0.4, 0.5) is 5.69 Å². The third-order valence-corrected chi connectivity index (χ3v) is 6.70. The molecule has 2 heterocycles. The molecule has 4 rings (SSSR count). The van der Waals surface area contributed by atoms with Crippen LogP contribution in [0.1, 0.15) is 42.1 Å². The van der Waals surface area contributed by atoms with Crippen LogP contribution in [0.25, 0.3) is 11.5 Å². The van der Waals surface area contributed by atoms with E-state index in [-0.39, 0.29) is 23.6 Å². The smallest absolute Gasteiger partial charge is 0.277 e. The van der Waals surface area contributed by atoms with Crippen molar-refractivity contribution < 1.29 is 18.7 Å². The van der Waals surface area contributed by atoms with Crippen molar-refractivity contribution in [1.82, 2.24) is 15.1 Å². The number of aryl methyl sites for hydroxylation is 1. The number of piperidine rings is 1. The molecule has 1 aliphatic heterocycles. The maximum atomic E-state index is 12.9. The number of benzene rings is 2. The Kier molecular flexibility index (Phi) is 7.52. The lowest BCUT2D eigenvalue weighted by Crippen LogP contribution is -2.42. The second kappa shape index (κ2) is 10.7. The van der Waals surface area contributed by atoms with Crippen molar-refractivity contribution in [3.63, 3.8) is 0 Å². The van der Waals surface area contributed by atoms with Crippen LogP contribution in [0, 0.1) is 6.92 Å². The fourth-order valence-corrected chi connectivity index (χ4v) is 4.50. The van der Waals surface area contributed by atoms with Crippen LogP contribution in [0.15, 0.2) is 52.1 Å². The Bertz CT molecular complexity index is 1160. The monoisotopic (exact) mass is 480 g/mol. The van der Waals surface area contributed by atoms with Gasteiger partial charge in [0.25, 0.3) is 11.1 Å². The van der Waals surface area contributed by atoms with E-state index < -0.39 is 0 Å². The number of amides is 2. The van der Waals surface area contributed by atoms with E-state index in [0.717, 1.165) is 36.3 Å². The summed E-state index contributed by atoms with van der Waals surface area (Å²) >= 11 is 1.17. The van der Waals surface area contributed by atoms with E-state index in [0.29, 0.717) is 22.4 Å². The number of methoxy groups -OCH3 is 1. The van der Waals surface area contributed by atoms with Gasteiger partial charge >= 0.3 is 0 Å². The standard InChI is InChI=1S/C25H28N4O4S/c1-16-14-19(24(31)29-13-5-4-6-17(29)2)9-12-21(16)26-22(30)15-34-25-28-27-23(33-25)18-7-10-20(32-3)11-8-18/h7-12,14,17H,4-6,13,15H2,1-3H3,(H,26,30). The number of ether oxygens (including phenoxy) is 1. The highest BCUT2D eigenvalue weighted by atomic mass is 32.2. The molecule has 34 heavy (non-hydrogen) atoms. The maximum absolute atomic E-state index is 12.9. The molecule has 3 aromatic rings. The van der Waals surface area contributed by atoms with Gasteiger partial charge in [-0.25, -0.2) is 0 Å². The molecule has 0 spiro atoms. The molecule has 0 aliphatic carbocycles. The molecule has 1 atom stereocenters. The van der Waals surface area contributed by atoms with Gasteiger partial charge in [0, 0.05) is 29.4 Å². The molecule has 1 aromatic heterocycles. The van der Waals surface area contributed by atoms with E-state index in [1.54, 1.807) is 19.2 Å². The number of thioether (sulfide) groups is 1. The number of carbonyl (C=O) groups excluding carboxylic acids is 2. The van der Waals surface area contributed by atoms with Crippen molar-refractivity contribution in [2.75, 3.05) is 24.7 Å². The van der Waals surface area contributed by atoms with E-state index >= 15 is 0 Å². The largest absolute Gasteiger partial charge is 0.497 e. The summed E-state index contributed by atoms with van der Waals surface area (Å²) in [6.45, 7) is 4.78. The predicted molar refractivity (Wildman–Crippen MR) is 131 cm³/mol. The number of hydrogen-bond acceptors (Lipinski definition) is 7. The zero-order chi connectivity index (χ0) is 24.1. The number of nitrogens with zero attached hydrogens (tertiary/aromatic N) is 3. The molecule has 8 nitrogen and oxygen atoms in total. The fourth-order valence-electron chi connectivity index (χ4n) is 3.93. The highest BCUT2D eigenvalue weighted by Gasteiger charge is 2.24. The van der Waals surface area contributed by atoms with Crippen LogP contribution in [0.3, 0.4) is 0 Å². The summed E-state index contributed by atoms with van der Waals surface area (Å²) < 4.78 is 10.8. The number of anilines is 1. The van der Waals surface area contributed by atoms with Gasteiger partial charge in [0.2, 0.25) is 11.8 Å². The second-order valence-corrected chi connectivity index (χ2v) is 9.24. The van der Waals surface area contributed by atoms with Crippen molar-refractivity contribution in [3.05, 3.63) is 53.6 Å². The first-order valence-corrected chi connectivity index (χ1v) is 12.3. The summed E-state index contributed by atoms with van der Waals surface area (Å²) in [6.07, 6.45) is 3.25. The van der Waals surface area contributed by atoms with Crippen LogP contribution >= 0.6 is 11.8 Å². The van der Waals surface area contributed by atoms with Gasteiger partial charge in [-0.3, -0.25) is 9.59 Å². The summed E-state index contributed by atoms with van der Waals surface area (Å²) in [5.41, 5.74) is 2.94. The molecule has 2 aromatic carbocycles. The third-order valence-electron chi connectivity index (χ3n) is 5.88. The first kappa shape index (κ1) is 23.8. The Morgan fingerprint density at radius 2 is 1.97 bits per heavy atom. The second-order valence-electron chi connectivity index (χ2n) is 8.31. The van der Waals surface area contributed by atoms with E-state index in [1.165, 1.54) is 18.2 Å². The number of rotatable bonds is 7. The highest BCUT2D eigenvalue weighted by molar-refractivity contribution is 7.99. The Labute approximate surface area is 203 Å². The summed E-state index contributed by atoms with van der Waals surface area (Å²) in [7, 11) is 1.60.